The fourth-order valence-corrected chi connectivity index (χ4v) is 4.51. The van der Waals surface area contributed by atoms with Crippen LogP contribution in [-0.2, 0) is 19.0 Å². The third-order valence-electron chi connectivity index (χ3n) is 6.66. The molecule has 1 heterocycles. The average molecular weight is 561 g/mol. The monoisotopic (exact) mass is 560 g/mol. The van der Waals surface area contributed by atoms with Gasteiger partial charge in [-0.1, -0.05) is 24.6 Å². The van der Waals surface area contributed by atoms with Gasteiger partial charge in [-0.05, 0) is 57.3 Å². The Bertz CT molecular complexity index is 1220. The summed E-state index contributed by atoms with van der Waals surface area (Å²) in [6.45, 7) is 6.92. The first-order chi connectivity index (χ1) is 18.8. The molecule has 0 fully saturated rings. The van der Waals surface area contributed by atoms with Gasteiger partial charge in [-0.25, -0.2) is 4.79 Å². The van der Waals surface area contributed by atoms with Gasteiger partial charge < -0.3 is 45.3 Å². The summed E-state index contributed by atoms with van der Waals surface area (Å²) >= 11 is 0. The number of benzene rings is 1. The minimum absolute atomic E-state index is 0.0205. The Morgan fingerprint density at radius 3 is 2.35 bits per heavy atom. The molecule has 2 bridgehead atoms. The minimum atomic E-state index is -1.02. The molecule has 1 aliphatic rings. The molecule has 0 radical (unpaired) electrons. The minimum Gasteiger partial charge on any atom is -0.505 e. The summed E-state index contributed by atoms with van der Waals surface area (Å²) in [5.41, 5.74) is 7.03. The average Bonchev–Trinajstić information content (AvgIpc) is 2.90. The molecule has 0 spiro atoms. The largest absolute Gasteiger partial charge is 0.505 e. The van der Waals surface area contributed by atoms with E-state index in [1.54, 1.807) is 39.0 Å². The van der Waals surface area contributed by atoms with Gasteiger partial charge in [0.1, 0.15) is 17.6 Å². The number of anilines is 1. The van der Waals surface area contributed by atoms with Crippen LogP contribution in [0.2, 0.25) is 0 Å². The first kappa shape index (κ1) is 32.4. The molecule has 6 N–H and O–H groups in total. The number of ether oxygens (including phenoxy) is 4. The van der Waals surface area contributed by atoms with Crippen molar-refractivity contribution < 1.29 is 43.9 Å². The number of aliphatic hydroxyl groups excluding tert-OH is 1. The number of allylic oxidation sites excluding steroid dienone is 3. The Kier molecular flexibility index (Phi) is 11.8. The highest BCUT2D eigenvalue weighted by Crippen LogP contribution is 2.43. The van der Waals surface area contributed by atoms with Crippen LogP contribution < -0.4 is 15.8 Å². The van der Waals surface area contributed by atoms with E-state index in [0.29, 0.717) is 17.6 Å². The predicted octanol–water partition coefficient (Wildman–Crippen LogP) is 4.14. The molecule has 4 unspecified atom stereocenters. The summed E-state index contributed by atoms with van der Waals surface area (Å²) < 4.78 is 21.7. The molecule has 0 aromatic heterocycles. The van der Waals surface area contributed by atoms with Crippen LogP contribution in [0.4, 0.5) is 10.5 Å². The van der Waals surface area contributed by atoms with Crippen molar-refractivity contribution in [3.63, 3.8) is 0 Å². The van der Waals surface area contributed by atoms with Crippen LogP contribution in [0.15, 0.2) is 46.8 Å². The SMILES string of the molecule is COc1c(O)cc2c(O)c1C=C(C)CC(OC)C(O)C(C)CC(C)=C(OC(N)=O)C(OC)C=CC=C(C)C(=O)N2. The Balaban J connectivity index is 2.71. The van der Waals surface area contributed by atoms with Crippen LogP contribution >= 0.6 is 0 Å². The molecular weight excluding hydrogens is 520 g/mol. The van der Waals surface area contributed by atoms with Gasteiger partial charge in [-0.3, -0.25) is 4.79 Å². The fraction of sp³-hybridized carbons (Fsp3) is 0.448. The molecule has 11 heteroatoms. The number of hydrogen-bond acceptors (Lipinski definition) is 9. The Hall–Kier alpha value is -3.80. The van der Waals surface area contributed by atoms with E-state index in [-0.39, 0.29) is 52.2 Å². The molecule has 1 aliphatic heterocycles. The smallest absolute Gasteiger partial charge is 0.409 e. The van der Waals surface area contributed by atoms with Crippen molar-refractivity contribution in [2.24, 2.45) is 11.7 Å². The summed E-state index contributed by atoms with van der Waals surface area (Å²) in [6, 6.07) is 1.19. The van der Waals surface area contributed by atoms with Crippen molar-refractivity contribution in [2.45, 2.75) is 58.8 Å². The van der Waals surface area contributed by atoms with Gasteiger partial charge in [0.15, 0.2) is 11.5 Å². The van der Waals surface area contributed by atoms with E-state index < -0.39 is 30.3 Å². The van der Waals surface area contributed by atoms with E-state index in [4.69, 9.17) is 24.7 Å². The topological polar surface area (TPSA) is 170 Å². The van der Waals surface area contributed by atoms with E-state index in [1.165, 1.54) is 33.5 Å². The quantitative estimate of drug-likeness (QED) is 0.268. The lowest BCUT2D eigenvalue weighted by atomic mass is 9.89. The number of primary amides is 1. The molecule has 1 aromatic rings. The number of nitrogens with one attached hydrogen (secondary N) is 1. The predicted molar refractivity (Wildman–Crippen MR) is 151 cm³/mol. The maximum atomic E-state index is 12.9. The molecule has 2 amide bonds. The summed E-state index contributed by atoms with van der Waals surface area (Å²) in [5, 5.41) is 35.3. The number of phenols is 2. The zero-order chi connectivity index (χ0) is 30.1. The molecule has 220 valence electrons. The lowest BCUT2D eigenvalue weighted by Crippen LogP contribution is -2.34. The van der Waals surface area contributed by atoms with E-state index >= 15 is 0 Å². The highest BCUT2D eigenvalue weighted by atomic mass is 16.6. The third-order valence-corrected chi connectivity index (χ3v) is 6.66. The zero-order valence-electron chi connectivity index (χ0n) is 24.0. The van der Waals surface area contributed by atoms with Gasteiger partial charge in [-0.2, -0.15) is 0 Å². The maximum Gasteiger partial charge on any atom is 0.409 e. The zero-order valence-corrected chi connectivity index (χ0v) is 24.0. The number of carbonyl (C=O) groups excluding carboxylic acids is 2. The fourth-order valence-electron chi connectivity index (χ4n) is 4.51. The Morgan fingerprint density at radius 1 is 1.10 bits per heavy atom. The normalized spacial score (nSPS) is 23.2. The van der Waals surface area contributed by atoms with Crippen LogP contribution in [0.3, 0.4) is 0 Å². The van der Waals surface area contributed by atoms with Crippen LogP contribution in [0.25, 0.3) is 6.08 Å². The first-order valence-corrected chi connectivity index (χ1v) is 12.7. The van der Waals surface area contributed by atoms with E-state index in [2.05, 4.69) is 5.32 Å². The van der Waals surface area contributed by atoms with Crippen LogP contribution in [0.5, 0.6) is 17.2 Å². The lowest BCUT2D eigenvalue weighted by molar-refractivity contribution is -0.112. The van der Waals surface area contributed by atoms with Crippen LogP contribution in [0.1, 0.15) is 46.1 Å². The summed E-state index contributed by atoms with van der Waals surface area (Å²) in [6.07, 6.45) is 3.41. The van der Waals surface area contributed by atoms with Crippen molar-refractivity contribution in [1.29, 1.82) is 0 Å². The van der Waals surface area contributed by atoms with E-state index in [9.17, 15) is 24.9 Å². The second-order valence-corrected chi connectivity index (χ2v) is 9.79. The number of nitrogens with two attached hydrogens (primary N) is 1. The molecule has 1 aromatic carbocycles. The van der Waals surface area contributed by atoms with Crippen molar-refractivity contribution in [3.05, 3.63) is 52.3 Å². The van der Waals surface area contributed by atoms with Crippen molar-refractivity contribution in [2.75, 3.05) is 26.6 Å². The molecular formula is C29H40N2O9. The number of aliphatic hydroxyl groups is 1. The summed E-state index contributed by atoms with van der Waals surface area (Å²) in [7, 11) is 4.26. The molecule has 0 saturated heterocycles. The third kappa shape index (κ3) is 8.10. The number of rotatable bonds is 4. The van der Waals surface area contributed by atoms with Gasteiger partial charge in [0.05, 0.1) is 30.6 Å². The van der Waals surface area contributed by atoms with Crippen LogP contribution in [0, 0.1) is 5.92 Å². The molecule has 11 nitrogen and oxygen atoms in total. The van der Waals surface area contributed by atoms with Crippen molar-refractivity contribution >= 4 is 23.8 Å². The highest BCUT2D eigenvalue weighted by Gasteiger charge is 2.28. The van der Waals surface area contributed by atoms with Crippen LogP contribution in [-0.4, -0.2) is 67.0 Å². The number of methoxy groups -OCH3 is 3. The molecule has 0 aliphatic carbocycles. The molecule has 0 saturated carbocycles. The van der Waals surface area contributed by atoms with E-state index in [0.717, 1.165) is 0 Å². The van der Waals surface area contributed by atoms with Gasteiger partial charge in [-0.15, -0.1) is 0 Å². The van der Waals surface area contributed by atoms with Gasteiger partial charge >= 0.3 is 6.09 Å². The van der Waals surface area contributed by atoms with Gasteiger partial charge in [0, 0.05) is 25.9 Å². The summed E-state index contributed by atoms with van der Waals surface area (Å²) in [5.74, 6) is -1.28. The lowest BCUT2D eigenvalue weighted by Gasteiger charge is -2.28. The van der Waals surface area contributed by atoms with E-state index in [1.807, 2.05) is 6.92 Å². The number of aromatic hydroxyl groups is 2. The number of amides is 2. The van der Waals surface area contributed by atoms with Crippen molar-refractivity contribution in [1.82, 2.24) is 0 Å². The molecule has 4 atom stereocenters. The van der Waals surface area contributed by atoms with Gasteiger partial charge in [0.2, 0.25) is 0 Å². The van der Waals surface area contributed by atoms with Crippen molar-refractivity contribution in [3.8, 4) is 17.2 Å². The Labute approximate surface area is 234 Å². The molecule has 2 rings (SSSR count). The maximum absolute atomic E-state index is 12.9. The number of carbonyl (C=O) groups is 2. The number of hydrogen-bond donors (Lipinski definition) is 5. The Morgan fingerprint density at radius 2 is 1.77 bits per heavy atom. The van der Waals surface area contributed by atoms with Gasteiger partial charge in [0.25, 0.3) is 5.91 Å². The second kappa shape index (κ2) is 14.5. The molecule has 40 heavy (non-hydrogen) atoms. The summed E-state index contributed by atoms with van der Waals surface area (Å²) in [4.78, 5) is 24.6. The number of fused-ring (bicyclic) bond motifs is 2. The first-order valence-electron chi connectivity index (χ1n) is 12.7. The second-order valence-electron chi connectivity index (χ2n) is 9.79. The standard InChI is InChI=1S/C29H40N2O9/c1-15-11-19-25(34)20(14-21(32)27(19)39-7)31-28(35)16(2)9-8-10-22(37-5)26(40-29(30)36)18(4)13-17(3)24(33)23(12-15)38-6/h8-11,14,17,22-24,32-34H,12-13H2,1-7H3,(H2,30,36)(H,31,35). The highest BCUT2D eigenvalue weighted by molar-refractivity contribution is 6.05. The number of phenolic OH excluding ortho intramolecular Hbond substituents is 2.